The quantitative estimate of drug-likeness (QED) is 0.810. The number of fused-ring (bicyclic) bond motifs is 1. The van der Waals surface area contributed by atoms with Gasteiger partial charge in [-0.1, -0.05) is 6.07 Å². The maximum Gasteiger partial charge on any atom is 0.238 e. The zero-order valence-corrected chi connectivity index (χ0v) is 13.6. The summed E-state index contributed by atoms with van der Waals surface area (Å²) in [7, 11) is 0. The topological polar surface area (TPSA) is 67.9 Å². The van der Waals surface area contributed by atoms with Crippen LogP contribution in [0.25, 0.3) is 0 Å². The van der Waals surface area contributed by atoms with Gasteiger partial charge in [-0.2, -0.15) is 0 Å². The van der Waals surface area contributed by atoms with Gasteiger partial charge in [0.1, 0.15) is 5.41 Å². The van der Waals surface area contributed by atoms with E-state index < -0.39 is 5.41 Å². The Hall–Kier alpha value is -2.24. The molecule has 0 aromatic heterocycles. The van der Waals surface area contributed by atoms with Crippen molar-refractivity contribution in [1.29, 1.82) is 0 Å². The van der Waals surface area contributed by atoms with Crippen LogP contribution in [0.1, 0.15) is 32.3 Å². The minimum atomic E-state index is -0.845. The van der Waals surface area contributed by atoms with Crippen LogP contribution in [0.2, 0.25) is 0 Å². The SMILES string of the molecule is CCN(CC)C(=O)C1(C(=O)NCc2ccc3c(c2)OCO3)CC1. The second kappa shape index (κ2) is 6.10. The van der Waals surface area contributed by atoms with Crippen molar-refractivity contribution >= 4 is 11.8 Å². The minimum Gasteiger partial charge on any atom is -0.454 e. The van der Waals surface area contributed by atoms with E-state index in [1.54, 1.807) is 4.90 Å². The van der Waals surface area contributed by atoms with E-state index in [0.717, 1.165) is 11.3 Å². The summed E-state index contributed by atoms with van der Waals surface area (Å²) in [5.74, 6) is 1.19. The average molecular weight is 318 g/mol. The Balaban J connectivity index is 1.62. The summed E-state index contributed by atoms with van der Waals surface area (Å²) in [5, 5.41) is 2.89. The third-order valence-electron chi connectivity index (χ3n) is 4.53. The van der Waals surface area contributed by atoms with Crippen molar-refractivity contribution in [1.82, 2.24) is 10.2 Å². The molecule has 1 aliphatic carbocycles. The standard InChI is InChI=1S/C17H22N2O4/c1-3-19(4-2)16(21)17(7-8-17)15(20)18-10-12-5-6-13-14(9-12)23-11-22-13/h5-6,9H,3-4,7-8,10-11H2,1-2H3,(H,18,20). The van der Waals surface area contributed by atoms with Crippen LogP contribution in [0.3, 0.4) is 0 Å². The maximum atomic E-state index is 12.5. The number of nitrogens with zero attached hydrogens (tertiary/aromatic N) is 1. The van der Waals surface area contributed by atoms with Crippen molar-refractivity contribution in [3.63, 3.8) is 0 Å². The normalized spacial score (nSPS) is 16.8. The van der Waals surface area contributed by atoms with Crippen LogP contribution in [0.4, 0.5) is 0 Å². The smallest absolute Gasteiger partial charge is 0.238 e. The zero-order chi connectivity index (χ0) is 16.4. The fraction of sp³-hybridized carbons (Fsp3) is 0.529. The maximum absolute atomic E-state index is 12.5. The summed E-state index contributed by atoms with van der Waals surface area (Å²) >= 11 is 0. The number of hydrogen-bond donors (Lipinski definition) is 1. The molecule has 0 saturated heterocycles. The number of hydrogen-bond acceptors (Lipinski definition) is 4. The Morgan fingerprint density at radius 2 is 1.87 bits per heavy atom. The lowest BCUT2D eigenvalue weighted by Gasteiger charge is -2.24. The molecule has 124 valence electrons. The summed E-state index contributed by atoms with van der Waals surface area (Å²) < 4.78 is 10.6. The van der Waals surface area contributed by atoms with Crippen molar-refractivity contribution in [3.8, 4) is 11.5 Å². The molecule has 0 unspecified atom stereocenters. The predicted molar refractivity (Wildman–Crippen MR) is 84.0 cm³/mol. The number of rotatable bonds is 6. The molecule has 23 heavy (non-hydrogen) atoms. The second-order valence-corrected chi connectivity index (χ2v) is 5.93. The van der Waals surface area contributed by atoms with Crippen molar-refractivity contribution in [2.24, 2.45) is 5.41 Å². The third-order valence-corrected chi connectivity index (χ3v) is 4.53. The fourth-order valence-electron chi connectivity index (χ4n) is 2.88. The van der Waals surface area contributed by atoms with Crippen molar-refractivity contribution in [2.75, 3.05) is 19.9 Å². The molecule has 1 aromatic carbocycles. The second-order valence-electron chi connectivity index (χ2n) is 5.93. The van der Waals surface area contributed by atoms with Crippen LogP contribution >= 0.6 is 0 Å². The molecule has 2 aliphatic rings. The van der Waals surface area contributed by atoms with E-state index in [-0.39, 0.29) is 18.6 Å². The molecule has 0 bridgehead atoms. The van der Waals surface area contributed by atoms with E-state index in [1.807, 2.05) is 32.0 Å². The van der Waals surface area contributed by atoms with Crippen LogP contribution in [0, 0.1) is 5.41 Å². The molecule has 1 aliphatic heterocycles. The third kappa shape index (κ3) is 2.85. The number of amides is 2. The molecule has 1 aromatic rings. The molecule has 2 amide bonds. The van der Waals surface area contributed by atoms with Crippen LogP contribution < -0.4 is 14.8 Å². The van der Waals surface area contributed by atoms with E-state index in [4.69, 9.17) is 9.47 Å². The first-order valence-corrected chi connectivity index (χ1v) is 8.07. The van der Waals surface area contributed by atoms with Gasteiger partial charge in [0, 0.05) is 19.6 Å². The summed E-state index contributed by atoms with van der Waals surface area (Å²) in [5.41, 5.74) is 0.0798. The Bertz CT molecular complexity index is 621. The number of carbonyl (C=O) groups is 2. The molecule has 1 fully saturated rings. The first kappa shape index (κ1) is 15.6. The van der Waals surface area contributed by atoms with Gasteiger partial charge in [0.25, 0.3) is 0 Å². The summed E-state index contributed by atoms with van der Waals surface area (Å²) in [6, 6.07) is 5.58. The van der Waals surface area contributed by atoms with Crippen molar-refractivity contribution in [3.05, 3.63) is 23.8 Å². The Labute approximate surface area is 135 Å². The molecule has 1 N–H and O–H groups in total. The van der Waals surface area contributed by atoms with Crippen LogP contribution in [-0.2, 0) is 16.1 Å². The largest absolute Gasteiger partial charge is 0.454 e. The Morgan fingerprint density at radius 1 is 1.17 bits per heavy atom. The molecule has 1 heterocycles. The Morgan fingerprint density at radius 3 is 2.52 bits per heavy atom. The molecule has 0 spiro atoms. The van der Waals surface area contributed by atoms with E-state index in [1.165, 1.54) is 0 Å². The lowest BCUT2D eigenvalue weighted by molar-refractivity contribution is -0.144. The first-order valence-electron chi connectivity index (χ1n) is 8.07. The van der Waals surface area contributed by atoms with Gasteiger partial charge < -0.3 is 19.7 Å². The highest BCUT2D eigenvalue weighted by Crippen LogP contribution is 2.47. The number of ether oxygens (including phenoxy) is 2. The van der Waals surface area contributed by atoms with Gasteiger partial charge in [0.05, 0.1) is 0 Å². The lowest BCUT2D eigenvalue weighted by atomic mass is 10.0. The molecule has 0 radical (unpaired) electrons. The highest BCUT2D eigenvalue weighted by molar-refractivity contribution is 6.07. The van der Waals surface area contributed by atoms with Gasteiger partial charge in [-0.05, 0) is 44.4 Å². The van der Waals surface area contributed by atoms with Gasteiger partial charge in [0.2, 0.25) is 18.6 Å². The van der Waals surface area contributed by atoms with Gasteiger partial charge in [-0.15, -0.1) is 0 Å². The van der Waals surface area contributed by atoms with Crippen LogP contribution in [0.5, 0.6) is 11.5 Å². The molecule has 1 saturated carbocycles. The zero-order valence-electron chi connectivity index (χ0n) is 13.6. The molecule has 6 heteroatoms. The van der Waals surface area contributed by atoms with E-state index >= 15 is 0 Å². The highest BCUT2D eigenvalue weighted by atomic mass is 16.7. The van der Waals surface area contributed by atoms with Crippen LogP contribution in [-0.4, -0.2) is 36.6 Å². The molecule has 3 rings (SSSR count). The number of carbonyl (C=O) groups excluding carboxylic acids is 2. The summed E-state index contributed by atoms with van der Waals surface area (Å²) in [6.07, 6.45) is 1.27. The van der Waals surface area contributed by atoms with Crippen molar-refractivity contribution < 1.29 is 19.1 Å². The first-order chi connectivity index (χ1) is 11.1. The molecule has 6 nitrogen and oxygen atoms in total. The summed E-state index contributed by atoms with van der Waals surface area (Å²) in [4.78, 5) is 26.8. The molecule has 0 atom stereocenters. The highest BCUT2D eigenvalue weighted by Gasteiger charge is 2.57. The summed E-state index contributed by atoms with van der Waals surface area (Å²) in [6.45, 7) is 5.73. The van der Waals surface area contributed by atoms with E-state index in [9.17, 15) is 9.59 Å². The van der Waals surface area contributed by atoms with Crippen LogP contribution in [0.15, 0.2) is 18.2 Å². The van der Waals surface area contributed by atoms with Gasteiger partial charge in [-0.3, -0.25) is 9.59 Å². The minimum absolute atomic E-state index is 0.0503. The Kier molecular flexibility index (Phi) is 4.15. The van der Waals surface area contributed by atoms with Gasteiger partial charge >= 0.3 is 0 Å². The number of benzene rings is 1. The number of nitrogens with one attached hydrogen (secondary N) is 1. The molecular formula is C17H22N2O4. The monoisotopic (exact) mass is 318 g/mol. The average Bonchev–Trinajstić information content (AvgIpc) is 3.25. The van der Waals surface area contributed by atoms with E-state index in [0.29, 0.717) is 38.2 Å². The van der Waals surface area contributed by atoms with E-state index in [2.05, 4.69) is 5.32 Å². The van der Waals surface area contributed by atoms with Gasteiger partial charge in [0.15, 0.2) is 11.5 Å². The lowest BCUT2D eigenvalue weighted by Crippen LogP contribution is -2.45. The predicted octanol–water partition coefficient (Wildman–Crippen LogP) is 1.68. The van der Waals surface area contributed by atoms with Crippen molar-refractivity contribution in [2.45, 2.75) is 33.2 Å². The molecular weight excluding hydrogens is 296 g/mol. The van der Waals surface area contributed by atoms with Gasteiger partial charge in [-0.25, -0.2) is 0 Å². The fourth-order valence-corrected chi connectivity index (χ4v) is 2.88.